The third kappa shape index (κ3) is 2.28. The van der Waals surface area contributed by atoms with Crippen molar-refractivity contribution in [3.63, 3.8) is 0 Å². The Bertz CT molecular complexity index is 530. The topological polar surface area (TPSA) is 62.2 Å². The van der Waals surface area contributed by atoms with Gasteiger partial charge in [-0.1, -0.05) is 6.92 Å². The summed E-state index contributed by atoms with van der Waals surface area (Å²) in [5, 5.41) is 12.9. The van der Waals surface area contributed by atoms with E-state index in [1.807, 2.05) is 6.07 Å². The van der Waals surface area contributed by atoms with Gasteiger partial charge in [-0.25, -0.2) is 9.78 Å². The van der Waals surface area contributed by atoms with E-state index in [1.165, 1.54) is 6.42 Å². The van der Waals surface area contributed by atoms with Gasteiger partial charge in [0.1, 0.15) is 11.4 Å². The van der Waals surface area contributed by atoms with Crippen molar-refractivity contribution in [1.82, 2.24) is 4.98 Å². The van der Waals surface area contributed by atoms with Gasteiger partial charge in [-0.3, -0.25) is 0 Å². The lowest BCUT2D eigenvalue weighted by atomic mass is 9.75. The van der Waals surface area contributed by atoms with Gasteiger partial charge >= 0.3 is 5.97 Å². The molecule has 0 atom stereocenters. The second-order valence-electron chi connectivity index (χ2n) is 6.12. The predicted octanol–water partition coefficient (Wildman–Crippen LogP) is 3.40. The van der Waals surface area contributed by atoms with E-state index < -0.39 is 5.97 Å². The number of anilines is 1. The van der Waals surface area contributed by atoms with Crippen molar-refractivity contribution in [2.75, 3.05) is 5.32 Å². The number of hydrogen-bond donors (Lipinski definition) is 2. The Hall–Kier alpha value is -1.58. The molecular weight excluding hydrogens is 252 g/mol. The van der Waals surface area contributed by atoms with E-state index >= 15 is 0 Å². The van der Waals surface area contributed by atoms with Gasteiger partial charge in [0.05, 0.1) is 0 Å². The van der Waals surface area contributed by atoms with Crippen LogP contribution in [0.1, 0.15) is 67.1 Å². The van der Waals surface area contributed by atoms with Crippen LogP contribution in [0.3, 0.4) is 0 Å². The summed E-state index contributed by atoms with van der Waals surface area (Å²) in [5.74, 6) is -0.293. The van der Waals surface area contributed by atoms with E-state index in [4.69, 9.17) is 0 Å². The van der Waals surface area contributed by atoms with Crippen molar-refractivity contribution in [1.29, 1.82) is 0 Å². The summed E-state index contributed by atoms with van der Waals surface area (Å²) in [6.45, 7) is 2.16. The van der Waals surface area contributed by atoms with Crippen LogP contribution in [0, 0.1) is 0 Å². The van der Waals surface area contributed by atoms with Crippen LogP contribution in [0.15, 0.2) is 6.07 Å². The highest BCUT2D eigenvalue weighted by Gasteiger charge is 2.36. The Labute approximate surface area is 119 Å². The first-order valence-electron chi connectivity index (χ1n) is 7.68. The molecule has 1 heterocycles. The molecule has 0 unspecified atom stereocenters. The molecule has 0 aliphatic heterocycles. The Morgan fingerprint density at radius 1 is 1.35 bits per heavy atom. The summed E-state index contributed by atoms with van der Waals surface area (Å²) in [6, 6.07) is 1.84. The fourth-order valence-corrected chi connectivity index (χ4v) is 3.31. The van der Waals surface area contributed by atoms with Crippen LogP contribution in [-0.2, 0) is 12.8 Å². The second kappa shape index (κ2) is 5.08. The molecule has 2 N–H and O–H groups in total. The normalized spacial score (nSPS) is 19.9. The maximum Gasteiger partial charge on any atom is 0.339 e. The highest BCUT2D eigenvalue weighted by molar-refractivity contribution is 5.93. The number of nitrogens with one attached hydrogen (secondary N) is 1. The molecule has 20 heavy (non-hydrogen) atoms. The smallest absolute Gasteiger partial charge is 0.339 e. The molecule has 4 heteroatoms. The Morgan fingerprint density at radius 2 is 2.10 bits per heavy atom. The van der Waals surface area contributed by atoms with Gasteiger partial charge in [-0.2, -0.15) is 0 Å². The van der Waals surface area contributed by atoms with Gasteiger partial charge in [0.2, 0.25) is 0 Å². The highest BCUT2D eigenvalue weighted by Crippen LogP contribution is 2.38. The zero-order valence-electron chi connectivity index (χ0n) is 12.0. The van der Waals surface area contributed by atoms with E-state index in [9.17, 15) is 9.90 Å². The highest BCUT2D eigenvalue weighted by atomic mass is 16.4. The first-order chi connectivity index (χ1) is 9.63. The van der Waals surface area contributed by atoms with Gasteiger partial charge in [0, 0.05) is 11.2 Å². The fourth-order valence-electron chi connectivity index (χ4n) is 3.31. The predicted molar refractivity (Wildman–Crippen MR) is 78.3 cm³/mol. The van der Waals surface area contributed by atoms with Crippen molar-refractivity contribution in [3.8, 4) is 0 Å². The SMILES string of the molecule is CCC1(Nc2nc3c(cc2C(=O)O)CCCC3)CCC1. The molecule has 0 spiro atoms. The summed E-state index contributed by atoms with van der Waals surface area (Å²) in [5.41, 5.74) is 2.62. The van der Waals surface area contributed by atoms with E-state index in [2.05, 4.69) is 17.2 Å². The molecule has 4 nitrogen and oxygen atoms in total. The van der Waals surface area contributed by atoms with Crippen molar-refractivity contribution >= 4 is 11.8 Å². The third-order valence-electron chi connectivity index (χ3n) is 4.90. The minimum absolute atomic E-state index is 0.0695. The number of aromatic nitrogens is 1. The van der Waals surface area contributed by atoms with Crippen molar-refractivity contribution in [2.24, 2.45) is 0 Å². The number of carboxylic acids is 1. The molecule has 0 amide bonds. The van der Waals surface area contributed by atoms with Crippen LogP contribution in [0.5, 0.6) is 0 Å². The number of rotatable bonds is 4. The molecule has 0 radical (unpaired) electrons. The van der Waals surface area contributed by atoms with Crippen LogP contribution >= 0.6 is 0 Å². The number of carbonyl (C=O) groups is 1. The fraction of sp³-hybridized carbons (Fsp3) is 0.625. The average Bonchev–Trinajstić information content (AvgIpc) is 2.41. The van der Waals surface area contributed by atoms with Crippen LogP contribution < -0.4 is 5.32 Å². The summed E-state index contributed by atoms with van der Waals surface area (Å²) in [4.78, 5) is 16.2. The number of aromatic carboxylic acids is 1. The number of pyridine rings is 1. The molecule has 0 bridgehead atoms. The second-order valence-corrected chi connectivity index (χ2v) is 6.12. The van der Waals surface area contributed by atoms with Gasteiger partial charge in [-0.05, 0) is 63.0 Å². The van der Waals surface area contributed by atoms with Gasteiger partial charge < -0.3 is 10.4 Å². The lowest BCUT2D eigenvalue weighted by molar-refractivity contribution is 0.0697. The lowest BCUT2D eigenvalue weighted by Crippen LogP contribution is -2.45. The Morgan fingerprint density at radius 3 is 2.70 bits per heavy atom. The van der Waals surface area contributed by atoms with Crippen LogP contribution in [-0.4, -0.2) is 21.6 Å². The van der Waals surface area contributed by atoms with Crippen molar-refractivity contribution < 1.29 is 9.90 Å². The summed E-state index contributed by atoms with van der Waals surface area (Å²) < 4.78 is 0. The molecule has 1 fully saturated rings. The first kappa shape index (κ1) is 13.4. The molecule has 1 aromatic heterocycles. The van der Waals surface area contributed by atoms with Crippen LogP contribution in [0.2, 0.25) is 0 Å². The number of carboxylic acid groups (broad SMARTS) is 1. The molecule has 0 saturated heterocycles. The summed E-state index contributed by atoms with van der Waals surface area (Å²) in [6.07, 6.45) is 8.69. The monoisotopic (exact) mass is 274 g/mol. The maximum absolute atomic E-state index is 11.5. The van der Waals surface area contributed by atoms with Crippen molar-refractivity contribution in [2.45, 2.75) is 63.8 Å². The zero-order chi connectivity index (χ0) is 14.2. The summed E-state index contributed by atoms with van der Waals surface area (Å²) in [7, 11) is 0. The van der Waals surface area contributed by atoms with Gasteiger partial charge in [0.25, 0.3) is 0 Å². The lowest BCUT2D eigenvalue weighted by Gasteiger charge is -2.42. The van der Waals surface area contributed by atoms with Crippen LogP contribution in [0.4, 0.5) is 5.82 Å². The van der Waals surface area contributed by atoms with Gasteiger partial charge in [-0.15, -0.1) is 0 Å². The first-order valence-corrected chi connectivity index (χ1v) is 7.68. The molecule has 1 saturated carbocycles. The van der Waals surface area contributed by atoms with E-state index in [-0.39, 0.29) is 5.54 Å². The molecule has 1 aromatic rings. The third-order valence-corrected chi connectivity index (χ3v) is 4.90. The minimum atomic E-state index is -0.876. The molecular formula is C16H22N2O2. The average molecular weight is 274 g/mol. The molecule has 2 aliphatic carbocycles. The van der Waals surface area contributed by atoms with E-state index in [1.54, 1.807) is 0 Å². The quantitative estimate of drug-likeness (QED) is 0.883. The molecule has 0 aromatic carbocycles. The van der Waals surface area contributed by atoms with E-state index in [0.717, 1.165) is 56.2 Å². The zero-order valence-corrected chi connectivity index (χ0v) is 12.0. The number of hydrogen-bond acceptors (Lipinski definition) is 3. The number of fused-ring (bicyclic) bond motifs is 1. The number of nitrogens with zero attached hydrogens (tertiary/aromatic N) is 1. The van der Waals surface area contributed by atoms with Crippen LogP contribution in [0.25, 0.3) is 0 Å². The molecule has 3 rings (SSSR count). The summed E-state index contributed by atoms with van der Waals surface area (Å²) >= 11 is 0. The standard InChI is InChI=1S/C16H22N2O2/c1-2-16(8-5-9-16)18-14-12(15(19)20)10-11-6-3-4-7-13(11)17-14/h10H,2-9H2,1H3,(H,17,18)(H,19,20). The minimum Gasteiger partial charge on any atom is -0.478 e. The van der Waals surface area contributed by atoms with Gasteiger partial charge in [0.15, 0.2) is 0 Å². The maximum atomic E-state index is 11.5. The Kier molecular flexibility index (Phi) is 3.40. The number of aryl methyl sites for hydroxylation is 2. The van der Waals surface area contributed by atoms with E-state index in [0.29, 0.717) is 11.4 Å². The molecule has 2 aliphatic rings. The Balaban J connectivity index is 1.97. The van der Waals surface area contributed by atoms with Crippen molar-refractivity contribution in [3.05, 3.63) is 22.9 Å². The molecule has 108 valence electrons. The largest absolute Gasteiger partial charge is 0.478 e.